The molecule has 1 aliphatic heterocycles. The molecule has 6 nitrogen and oxygen atoms in total. The molecule has 112 valence electrons. The molecular formula is C14H20O6. The van der Waals surface area contributed by atoms with Crippen LogP contribution in [0.5, 0.6) is 5.75 Å². The molecule has 20 heavy (non-hydrogen) atoms. The minimum atomic E-state index is -1.12. The van der Waals surface area contributed by atoms with E-state index in [1.807, 2.05) is 24.3 Å². The van der Waals surface area contributed by atoms with E-state index in [1.165, 1.54) is 7.11 Å². The molecule has 1 aliphatic rings. The summed E-state index contributed by atoms with van der Waals surface area (Å²) in [6.07, 6.45) is -3.34. The van der Waals surface area contributed by atoms with Gasteiger partial charge in [0.25, 0.3) is 0 Å². The van der Waals surface area contributed by atoms with Gasteiger partial charge in [-0.25, -0.2) is 0 Å². The summed E-state index contributed by atoms with van der Waals surface area (Å²) in [5.41, 5.74) is 0.988. The van der Waals surface area contributed by atoms with Crippen LogP contribution >= 0.6 is 0 Å². The zero-order valence-corrected chi connectivity index (χ0v) is 11.6. The number of rotatable bonds is 6. The Morgan fingerprint density at radius 2 is 1.85 bits per heavy atom. The molecule has 0 aliphatic carbocycles. The molecule has 1 aromatic carbocycles. The number of methoxy groups -OCH3 is 2. The third kappa shape index (κ3) is 3.47. The van der Waals surface area contributed by atoms with E-state index in [-0.39, 0.29) is 6.61 Å². The molecule has 0 saturated carbocycles. The Kier molecular flexibility index (Phi) is 5.33. The fourth-order valence-corrected chi connectivity index (χ4v) is 2.13. The van der Waals surface area contributed by atoms with Crippen molar-refractivity contribution in [2.75, 3.05) is 20.8 Å². The Balaban J connectivity index is 1.78. The van der Waals surface area contributed by atoms with Crippen LogP contribution in [0.2, 0.25) is 0 Å². The number of ether oxygens (including phenoxy) is 4. The van der Waals surface area contributed by atoms with Gasteiger partial charge in [0.15, 0.2) is 6.29 Å². The van der Waals surface area contributed by atoms with Crippen molar-refractivity contribution in [1.82, 2.24) is 0 Å². The number of benzene rings is 1. The lowest BCUT2D eigenvalue weighted by atomic mass is 10.1. The van der Waals surface area contributed by atoms with Crippen molar-refractivity contribution in [3.8, 4) is 5.75 Å². The van der Waals surface area contributed by atoms with E-state index in [0.29, 0.717) is 6.61 Å². The molecule has 1 heterocycles. The standard InChI is InChI=1S/C14H20O6/c1-17-10-5-3-9(4-6-10)7-19-8-11-12(15)13(18-2)14(16)20-11/h3-6,11-16H,7-8H2,1-2H3/t11-,12+,13-,14-/m1/s1. The maximum atomic E-state index is 9.88. The summed E-state index contributed by atoms with van der Waals surface area (Å²) in [7, 11) is 3.03. The fraction of sp³-hybridized carbons (Fsp3) is 0.571. The van der Waals surface area contributed by atoms with Gasteiger partial charge in [-0.05, 0) is 17.7 Å². The van der Waals surface area contributed by atoms with Crippen LogP contribution in [-0.2, 0) is 20.8 Å². The van der Waals surface area contributed by atoms with E-state index in [1.54, 1.807) is 7.11 Å². The predicted octanol–water partition coefficient (Wildman–Crippen LogP) is 0.305. The van der Waals surface area contributed by atoms with E-state index in [4.69, 9.17) is 18.9 Å². The van der Waals surface area contributed by atoms with Gasteiger partial charge in [0, 0.05) is 7.11 Å². The maximum Gasteiger partial charge on any atom is 0.184 e. The van der Waals surface area contributed by atoms with Crippen molar-refractivity contribution in [2.45, 2.75) is 31.2 Å². The molecule has 2 N–H and O–H groups in total. The highest BCUT2D eigenvalue weighted by molar-refractivity contribution is 5.26. The number of aliphatic hydroxyl groups is 2. The molecule has 0 radical (unpaired) electrons. The highest BCUT2D eigenvalue weighted by Crippen LogP contribution is 2.22. The van der Waals surface area contributed by atoms with Gasteiger partial charge >= 0.3 is 0 Å². The molecule has 0 amide bonds. The zero-order valence-electron chi connectivity index (χ0n) is 11.6. The Bertz CT molecular complexity index is 407. The normalized spacial score (nSPS) is 29.6. The molecule has 1 saturated heterocycles. The minimum absolute atomic E-state index is 0.185. The van der Waals surface area contributed by atoms with Gasteiger partial charge in [-0.3, -0.25) is 0 Å². The number of hydrogen-bond acceptors (Lipinski definition) is 6. The summed E-state index contributed by atoms with van der Waals surface area (Å²) in [6, 6.07) is 7.50. The summed E-state index contributed by atoms with van der Waals surface area (Å²) in [4.78, 5) is 0. The van der Waals surface area contributed by atoms with Crippen LogP contribution in [0, 0.1) is 0 Å². The van der Waals surface area contributed by atoms with Crippen LogP contribution in [0.4, 0.5) is 0 Å². The van der Waals surface area contributed by atoms with Gasteiger partial charge in [0.2, 0.25) is 0 Å². The third-order valence-electron chi connectivity index (χ3n) is 3.29. The lowest BCUT2D eigenvalue weighted by Gasteiger charge is -2.16. The second-order valence-electron chi connectivity index (χ2n) is 4.62. The monoisotopic (exact) mass is 284 g/mol. The molecule has 0 aromatic heterocycles. The highest BCUT2D eigenvalue weighted by atomic mass is 16.7. The Morgan fingerprint density at radius 3 is 2.40 bits per heavy atom. The third-order valence-corrected chi connectivity index (χ3v) is 3.29. The van der Waals surface area contributed by atoms with Crippen molar-refractivity contribution in [1.29, 1.82) is 0 Å². The van der Waals surface area contributed by atoms with Gasteiger partial charge in [-0.15, -0.1) is 0 Å². The molecule has 2 rings (SSSR count). The lowest BCUT2D eigenvalue weighted by Crippen LogP contribution is -2.35. The van der Waals surface area contributed by atoms with Crippen molar-refractivity contribution >= 4 is 0 Å². The Hall–Kier alpha value is -1.18. The first kappa shape index (κ1) is 15.2. The fourth-order valence-electron chi connectivity index (χ4n) is 2.13. The summed E-state index contributed by atoms with van der Waals surface area (Å²) >= 11 is 0. The van der Waals surface area contributed by atoms with Crippen LogP contribution in [0.3, 0.4) is 0 Å². The van der Waals surface area contributed by atoms with E-state index >= 15 is 0 Å². The van der Waals surface area contributed by atoms with E-state index in [9.17, 15) is 10.2 Å². The average molecular weight is 284 g/mol. The Labute approximate surface area is 117 Å². The average Bonchev–Trinajstić information content (AvgIpc) is 2.74. The number of aliphatic hydroxyl groups excluding tert-OH is 2. The topological polar surface area (TPSA) is 77.4 Å². The minimum Gasteiger partial charge on any atom is -0.497 e. The molecule has 4 atom stereocenters. The van der Waals surface area contributed by atoms with Gasteiger partial charge in [-0.1, -0.05) is 12.1 Å². The Morgan fingerprint density at radius 1 is 1.15 bits per heavy atom. The first-order chi connectivity index (χ1) is 9.65. The first-order valence-electron chi connectivity index (χ1n) is 6.40. The molecule has 1 aromatic rings. The van der Waals surface area contributed by atoms with Crippen LogP contribution in [0.15, 0.2) is 24.3 Å². The van der Waals surface area contributed by atoms with Gasteiger partial charge in [0.05, 0.1) is 20.3 Å². The van der Waals surface area contributed by atoms with Crippen molar-refractivity contribution < 1.29 is 29.2 Å². The van der Waals surface area contributed by atoms with Gasteiger partial charge < -0.3 is 29.2 Å². The van der Waals surface area contributed by atoms with Crippen molar-refractivity contribution in [3.63, 3.8) is 0 Å². The van der Waals surface area contributed by atoms with Crippen molar-refractivity contribution in [2.24, 2.45) is 0 Å². The quantitative estimate of drug-likeness (QED) is 0.782. The van der Waals surface area contributed by atoms with Crippen LogP contribution in [-0.4, -0.2) is 55.6 Å². The molecular weight excluding hydrogens is 264 g/mol. The second kappa shape index (κ2) is 7.01. The summed E-state index contributed by atoms with van der Waals surface area (Å²) in [5.74, 6) is 0.786. The predicted molar refractivity (Wildman–Crippen MR) is 70.3 cm³/mol. The molecule has 0 unspecified atom stereocenters. The van der Waals surface area contributed by atoms with E-state index in [0.717, 1.165) is 11.3 Å². The lowest BCUT2D eigenvalue weighted by molar-refractivity contribution is -0.143. The maximum absolute atomic E-state index is 9.88. The number of hydrogen-bond donors (Lipinski definition) is 2. The van der Waals surface area contributed by atoms with E-state index < -0.39 is 24.6 Å². The van der Waals surface area contributed by atoms with Crippen LogP contribution < -0.4 is 4.74 Å². The SMILES string of the molecule is COc1ccc(COC[C@H]2O[C@@H](O)[C@H](OC)[C@H]2O)cc1. The second-order valence-corrected chi connectivity index (χ2v) is 4.62. The summed E-state index contributed by atoms with van der Waals surface area (Å²) < 4.78 is 20.7. The summed E-state index contributed by atoms with van der Waals surface area (Å²) in [5, 5.41) is 19.4. The molecule has 1 fully saturated rings. The zero-order chi connectivity index (χ0) is 14.5. The largest absolute Gasteiger partial charge is 0.497 e. The van der Waals surface area contributed by atoms with E-state index in [2.05, 4.69) is 0 Å². The van der Waals surface area contributed by atoms with Crippen LogP contribution in [0.25, 0.3) is 0 Å². The van der Waals surface area contributed by atoms with Crippen molar-refractivity contribution in [3.05, 3.63) is 29.8 Å². The smallest absolute Gasteiger partial charge is 0.184 e. The molecule has 6 heteroatoms. The van der Waals surface area contributed by atoms with Crippen LogP contribution in [0.1, 0.15) is 5.56 Å². The first-order valence-corrected chi connectivity index (χ1v) is 6.40. The van der Waals surface area contributed by atoms with Gasteiger partial charge in [0.1, 0.15) is 24.1 Å². The highest BCUT2D eigenvalue weighted by Gasteiger charge is 2.43. The summed E-state index contributed by atoms with van der Waals surface area (Å²) in [6.45, 7) is 0.578. The molecule has 0 spiro atoms. The van der Waals surface area contributed by atoms with Gasteiger partial charge in [-0.2, -0.15) is 0 Å². The molecule has 0 bridgehead atoms.